The first-order valence-electron chi connectivity index (χ1n) is 9.15. The van der Waals surface area contributed by atoms with Gasteiger partial charge in [-0.15, -0.1) is 0 Å². The molecule has 1 fully saturated rings. The molecule has 3 heterocycles. The molecule has 2 N–H and O–H groups in total. The first-order valence-corrected chi connectivity index (χ1v) is 9.15. The fourth-order valence-electron chi connectivity index (χ4n) is 3.75. The molecule has 2 amide bonds. The number of nitrogens with two attached hydrogens (primary N) is 1. The van der Waals surface area contributed by atoms with E-state index < -0.39 is 0 Å². The molecule has 0 spiro atoms. The maximum absolute atomic E-state index is 13.0. The number of piperazine rings is 1. The van der Waals surface area contributed by atoms with E-state index in [0.717, 1.165) is 31.7 Å². The van der Waals surface area contributed by atoms with Crippen LogP contribution < -0.4 is 10.6 Å². The molecule has 0 bridgehead atoms. The number of amides is 2. The zero-order valence-corrected chi connectivity index (χ0v) is 15.3. The minimum absolute atomic E-state index is 0.0676. The maximum Gasteiger partial charge on any atom is 0.260 e. The average Bonchev–Trinajstić information content (AvgIpc) is 2.95. The molecule has 2 aromatic rings. The summed E-state index contributed by atoms with van der Waals surface area (Å²) in [6.45, 7) is 3.18. The number of carbonyl (C=O) groups is 2. The molecule has 2 aliphatic heterocycles. The number of fused-ring (bicyclic) bond motifs is 1. The quantitative estimate of drug-likeness (QED) is 0.892. The molecule has 1 atom stereocenters. The van der Waals surface area contributed by atoms with Crippen LogP contribution in [0.2, 0.25) is 0 Å². The summed E-state index contributed by atoms with van der Waals surface area (Å²) in [5.74, 6) is 0.457. The molecule has 1 unspecified atom stereocenters. The Kier molecular flexibility index (Phi) is 4.53. The normalized spacial score (nSPS) is 20.0. The van der Waals surface area contributed by atoms with Crippen LogP contribution in [0.5, 0.6) is 0 Å². The molecule has 27 heavy (non-hydrogen) atoms. The van der Waals surface area contributed by atoms with Gasteiger partial charge in [0.05, 0.1) is 24.3 Å². The van der Waals surface area contributed by atoms with E-state index in [1.54, 1.807) is 17.0 Å². The van der Waals surface area contributed by atoms with Gasteiger partial charge in [-0.05, 0) is 30.8 Å². The van der Waals surface area contributed by atoms with Gasteiger partial charge >= 0.3 is 0 Å². The zero-order chi connectivity index (χ0) is 19.0. The van der Waals surface area contributed by atoms with Crippen LogP contribution in [0.25, 0.3) is 0 Å². The number of nitrogens with zero attached hydrogens (tertiary/aromatic N) is 4. The van der Waals surface area contributed by atoms with Crippen molar-refractivity contribution in [2.75, 3.05) is 43.9 Å². The number of hydrogen-bond donors (Lipinski definition) is 1. The second kappa shape index (κ2) is 7.00. The standard InChI is InChI=1S/C20H23N5O2/c1-23-8-10-24(11-9-23)19(26)12-17-15-4-2-3-5-16(15)20(27)25(17)18-7-6-14(21)13-22-18/h2-7,13,17H,8-12,21H2,1H3. The van der Waals surface area contributed by atoms with Crippen LogP contribution in [-0.4, -0.2) is 59.8 Å². The summed E-state index contributed by atoms with van der Waals surface area (Å²) in [7, 11) is 2.06. The summed E-state index contributed by atoms with van der Waals surface area (Å²) in [5, 5.41) is 0. The van der Waals surface area contributed by atoms with Gasteiger partial charge in [-0.2, -0.15) is 0 Å². The number of hydrogen-bond acceptors (Lipinski definition) is 5. The van der Waals surface area contributed by atoms with Gasteiger partial charge in [0, 0.05) is 31.7 Å². The number of aromatic nitrogens is 1. The van der Waals surface area contributed by atoms with E-state index in [0.29, 0.717) is 17.1 Å². The van der Waals surface area contributed by atoms with Crippen molar-refractivity contribution in [3.05, 3.63) is 53.7 Å². The molecule has 1 aromatic heterocycles. The highest BCUT2D eigenvalue weighted by molar-refractivity contribution is 6.11. The smallest absolute Gasteiger partial charge is 0.260 e. The summed E-state index contributed by atoms with van der Waals surface area (Å²) >= 11 is 0. The van der Waals surface area contributed by atoms with Crippen molar-refractivity contribution in [3.8, 4) is 0 Å². The Balaban J connectivity index is 1.63. The van der Waals surface area contributed by atoms with Crippen molar-refractivity contribution in [1.29, 1.82) is 0 Å². The van der Waals surface area contributed by atoms with Crippen LogP contribution in [0.3, 0.4) is 0 Å². The fraction of sp³-hybridized carbons (Fsp3) is 0.350. The molecule has 7 heteroatoms. The van der Waals surface area contributed by atoms with Gasteiger partial charge in [0.2, 0.25) is 5.91 Å². The summed E-state index contributed by atoms with van der Waals surface area (Å²) in [6.07, 6.45) is 1.78. The first kappa shape index (κ1) is 17.5. The van der Waals surface area contributed by atoms with Crippen LogP contribution in [-0.2, 0) is 4.79 Å². The predicted octanol–water partition coefficient (Wildman–Crippen LogP) is 1.53. The van der Waals surface area contributed by atoms with E-state index in [1.807, 2.05) is 29.2 Å². The van der Waals surface area contributed by atoms with Crippen LogP contribution in [0.15, 0.2) is 42.6 Å². The number of benzene rings is 1. The Morgan fingerprint density at radius 1 is 1.15 bits per heavy atom. The zero-order valence-electron chi connectivity index (χ0n) is 15.3. The lowest BCUT2D eigenvalue weighted by molar-refractivity contribution is -0.133. The van der Waals surface area contributed by atoms with Crippen LogP contribution in [0.1, 0.15) is 28.4 Å². The van der Waals surface area contributed by atoms with Crippen molar-refractivity contribution in [2.45, 2.75) is 12.5 Å². The molecule has 0 aliphatic carbocycles. The monoisotopic (exact) mass is 365 g/mol. The van der Waals surface area contributed by atoms with Crippen molar-refractivity contribution in [1.82, 2.24) is 14.8 Å². The largest absolute Gasteiger partial charge is 0.397 e. The van der Waals surface area contributed by atoms with Gasteiger partial charge < -0.3 is 15.5 Å². The Bertz CT molecular complexity index is 859. The molecule has 7 nitrogen and oxygen atoms in total. The highest BCUT2D eigenvalue weighted by Gasteiger charge is 2.40. The first-order chi connectivity index (χ1) is 13.0. The number of anilines is 2. The number of carbonyl (C=O) groups excluding carboxylic acids is 2. The van der Waals surface area contributed by atoms with E-state index in [-0.39, 0.29) is 24.3 Å². The minimum atomic E-state index is -0.350. The van der Waals surface area contributed by atoms with E-state index in [9.17, 15) is 9.59 Å². The van der Waals surface area contributed by atoms with Gasteiger partial charge in [-0.1, -0.05) is 18.2 Å². The summed E-state index contributed by atoms with van der Waals surface area (Å²) < 4.78 is 0. The third-order valence-electron chi connectivity index (χ3n) is 5.32. The average molecular weight is 365 g/mol. The highest BCUT2D eigenvalue weighted by Crippen LogP contribution is 2.39. The molecule has 4 rings (SSSR count). The third kappa shape index (κ3) is 3.26. The van der Waals surface area contributed by atoms with Crippen molar-refractivity contribution in [3.63, 3.8) is 0 Å². The summed E-state index contributed by atoms with van der Waals surface area (Å²) in [5.41, 5.74) is 7.78. The Labute approximate surface area is 158 Å². The highest BCUT2D eigenvalue weighted by atomic mass is 16.2. The minimum Gasteiger partial charge on any atom is -0.397 e. The fourth-order valence-corrected chi connectivity index (χ4v) is 3.75. The maximum atomic E-state index is 13.0. The second-order valence-electron chi connectivity index (χ2n) is 7.12. The molecule has 2 aliphatic rings. The summed E-state index contributed by atoms with van der Waals surface area (Å²) in [4.78, 5) is 36.0. The van der Waals surface area contributed by atoms with Crippen LogP contribution in [0.4, 0.5) is 11.5 Å². The van der Waals surface area contributed by atoms with Crippen molar-refractivity contribution < 1.29 is 9.59 Å². The van der Waals surface area contributed by atoms with E-state index in [4.69, 9.17) is 5.73 Å². The van der Waals surface area contributed by atoms with E-state index >= 15 is 0 Å². The molecular weight excluding hydrogens is 342 g/mol. The number of pyridine rings is 1. The van der Waals surface area contributed by atoms with Gasteiger partial charge in [0.25, 0.3) is 5.91 Å². The Morgan fingerprint density at radius 2 is 1.89 bits per heavy atom. The molecule has 0 saturated carbocycles. The van der Waals surface area contributed by atoms with Gasteiger partial charge in [0.15, 0.2) is 0 Å². The van der Waals surface area contributed by atoms with E-state index in [1.165, 1.54) is 6.20 Å². The number of likely N-dealkylation sites (N-methyl/N-ethyl adjacent to an activating group) is 1. The molecular formula is C20H23N5O2. The Morgan fingerprint density at radius 3 is 2.59 bits per heavy atom. The SMILES string of the molecule is CN1CCN(C(=O)CC2c3ccccc3C(=O)N2c2ccc(N)cn2)CC1. The summed E-state index contributed by atoms with van der Waals surface area (Å²) in [6, 6.07) is 10.6. The topological polar surface area (TPSA) is 82.8 Å². The molecule has 140 valence electrons. The van der Waals surface area contributed by atoms with Crippen molar-refractivity contribution >= 4 is 23.3 Å². The predicted molar refractivity (Wildman–Crippen MR) is 103 cm³/mol. The van der Waals surface area contributed by atoms with Gasteiger partial charge in [-0.25, -0.2) is 4.98 Å². The molecule has 1 aromatic carbocycles. The lowest BCUT2D eigenvalue weighted by Gasteiger charge is -2.34. The number of nitrogen functional groups attached to an aromatic ring is 1. The van der Waals surface area contributed by atoms with Crippen LogP contribution >= 0.6 is 0 Å². The molecule has 1 saturated heterocycles. The van der Waals surface area contributed by atoms with Crippen LogP contribution in [0, 0.1) is 0 Å². The number of rotatable bonds is 3. The van der Waals surface area contributed by atoms with E-state index in [2.05, 4.69) is 16.9 Å². The second-order valence-corrected chi connectivity index (χ2v) is 7.12. The lowest BCUT2D eigenvalue weighted by Crippen LogP contribution is -2.47. The third-order valence-corrected chi connectivity index (χ3v) is 5.32. The van der Waals surface area contributed by atoms with Gasteiger partial charge in [0.1, 0.15) is 5.82 Å². The van der Waals surface area contributed by atoms with Crippen molar-refractivity contribution in [2.24, 2.45) is 0 Å². The van der Waals surface area contributed by atoms with Gasteiger partial charge in [-0.3, -0.25) is 14.5 Å². The lowest BCUT2D eigenvalue weighted by atomic mass is 10.0. The molecule has 0 radical (unpaired) electrons. The Hall–Kier alpha value is -2.93.